The maximum absolute atomic E-state index is 13.6. The first-order chi connectivity index (χ1) is 16.7. The minimum Gasteiger partial charge on any atom is -0.494 e. The molecule has 35 heavy (non-hydrogen) atoms. The van der Waals surface area contributed by atoms with Gasteiger partial charge in [0.25, 0.3) is 0 Å². The van der Waals surface area contributed by atoms with Gasteiger partial charge in [0.15, 0.2) is 0 Å². The Morgan fingerprint density at radius 1 is 1.06 bits per heavy atom. The number of carbonyl (C=O) groups is 1. The van der Waals surface area contributed by atoms with Gasteiger partial charge in [-0.05, 0) is 74.0 Å². The third-order valence-electron chi connectivity index (χ3n) is 5.60. The predicted octanol–water partition coefficient (Wildman–Crippen LogP) is 5.18. The van der Waals surface area contributed by atoms with Crippen molar-refractivity contribution in [3.05, 3.63) is 89.5 Å². The van der Waals surface area contributed by atoms with Gasteiger partial charge in [0.1, 0.15) is 5.75 Å². The van der Waals surface area contributed by atoms with Gasteiger partial charge < -0.3 is 10.1 Å². The highest BCUT2D eigenvalue weighted by atomic mass is 32.2. The highest BCUT2D eigenvalue weighted by Gasteiger charge is 2.28. The summed E-state index contributed by atoms with van der Waals surface area (Å²) in [5, 5.41) is 2.94. The fraction of sp³-hybridized carbons (Fsp3) is 0.296. The van der Waals surface area contributed by atoms with Gasteiger partial charge >= 0.3 is 0 Å². The van der Waals surface area contributed by atoms with Crippen molar-refractivity contribution in [2.24, 2.45) is 0 Å². The van der Waals surface area contributed by atoms with E-state index in [9.17, 15) is 13.2 Å². The number of thioether (sulfide) groups is 1. The van der Waals surface area contributed by atoms with Crippen molar-refractivity contribution in [3.8, 4) is 5.75 Å². The molecule has 0 saturated heterocycles. The van der Waals surface area contributed by atoms with Gasteiger partial charge in [0.2, 0.25) is 15.9 Å². The molecule has 1 unspecified atom stereocenters. The summed E-state index contributed by atoms with van der Waals surface area (Å²) in [5.74, 6) is 0.272. The molecule has 0 bridgehead atoms. The van der Waals surface area contributed by atoms with Crippen LogP contribution in [0, 0.1) is 6.92 Å². The van der Waals surface area contributed by atoms with Crippen LogP contribution in [0.3, 0.4) is 0 Å². The van der Waals surface area contributed by atoms with Crippen LogP contribution in [-0.2, 0) is 21.4 Å². The van der Waals surface area contributed by atoms with Crippen molar-refractivity contribution < 1.29 is 17.9 Å². The number of amides is 1. The lowest BCUT2D eigenvalue weighted by atomic mass is 10.1. The van der Waals surface area contributed by atoms with E-state index in [0.717, 1.165) is 21.6 Å². The molecule has 3 aromatic rings. The van der Waals surface area contributed by atoms with Gasteiger partial charge in [0, 0.05) is 11.4 Å². The van der Waals surface area contributed by atoms with E-state index in [0.29, 0.717) is 12.4 Å². The number of ether oxygens (including phenoxy) is 1. The first-order valence-electron chi connectivity index (χ1n) is 11.5. The van der Waals surface area contributed by atoms with E-state index in [-0.39, 0.29) is 29.9 Å². The fourth-order valence-electron chi connectivity index (χ4n) is 3.68. The molecular formula is C27H32N2O4S2. The van der Waals surface area contributed by atoms with Crippen LogP contribution in [0.5, 0.6) is 5.75 Å². The average molecular weight is 513 g/mol. The lowest BCUT2D eigenvalue weighted by Crippen LogP contribution is -2.41. The zero-order chi connectivity index (χ0) is 25.4. The summed E-state index contributed by atoms with van der Waals surface area (Å²) in [7, 11) is -3.94. The monoisotopic (exact) mass is 512 g/mol. The summed E-state index contributed by atoms with van der Waals surface area (Å²) in [6.07, 6.45) is 2.01. The van der Waals surface area contributed by atoms with Gasteiger partial charge in [-0.25, -0.2) is 8.42 Å². The Kier molecular flexibility index (Phi) is 9.37. The number of benzene rings is 3. The van der Waals surface area contributed by atoms with Gasteiger partial charge in [-0.1, -0.05) is 42.5 Å². The zero-order valence-electron chi connectivity index (χ0n) is 20.5. The molecule has 0 aliphatic carbocycles. The Hall–Kier alpha value is -2.81. The molecule has 1 amide bonds. The molecule has 0 saturated carbocycles. The van der Waals surface area contributed by atoms with Crippen molar-refractivity contribution in [3.63, 3.8) is 0 Å². The number of carbonyl (C=O) groups excluding carboxylic acids is 1. The number of rotatable bonds is 11. The molecular weight excluding hydrogens is 480 g/mol. The standard InChI is InChI=1S/C27H32N2O4S2/c1-5-33-26-16-15-25(17-20(26)2)35(31,32)29(18-22-9-7-6-8-10-22)19-27(30)28-21(3)23-11-13-24(34-4)14-12-23/h6-17,21H,5,18-19H2,1-4H3,(H,28,30). The lowest BCUT2D eigenvalue weighted by Gasteiger charge is -2.24. The highest BCUT2D eigenvalue weighted by Crippen LogP contribution is 2.25. The van der Waals surface area contributed by atoms with E-state index in [4.69, 9.17) is 4.74 Å². The molecule has 1 atom stereocenters. The first kappa shape index (κ1) is 26.8. The van der Waals surface area contributed by atoms with Gasteiger partial charge in [-0.2, -0.15) is 4.31 Å². The van der Waals surface area contributed by atoms with E-state index in [1.165, 1.54) is 10.4 Å². The maximum Gasteiger partial charge on any atom is 0.243 e. The van der Waals surface area contributed by atoms with Crippen molar-refractivity contribution in [2.45, 2.75) is 43.1 Å². The molecule has 0 heterocycles. The summed E-state index contributed by atoms with van der Waals surface area (Å²) in [6, 6.07) is 21.7. The number of hydrogen-bond donors (Lipinski definition) is 1. The zero-order valence-corrected chi connectivity index (χ0v) is 22.2. The SMILES string of the molecule is CCOc1ccc(S(=O)(=O)N(CC(=O)NC(C)c2ccc(SC)cc2)Cc2ccccc2)cc1C. The molecule has 1 N–H and O–H groups in total. The van der Waals surface area contributed by atoms with Gasteiger partial charge in [0.05, 0.1) is 24.1 Å². The molecule has 0 fully saturated rings. The molecule has 0 spiro atoms. The highest BCUT2D eigenvalue weighted by molar-refractivity contribution is 7.98. The molecule has 3 aromatic carbocycles. The molecule has 0 aliphatic heterocycles. The second-order valence-electron chi connectivity index (χ2n) is 8.18. The lowest BCUT2D eigenvalue weighted by molar-refractivity contribution is -0.122. The van der Waals surface area contributed by atoms with E-state index in [1.807, 2.05) is 81.6 Å². The quantitative estimate of drug-likeness (QED) is 0.358. The largest absolute Gasteiger partial charge is 0.494 e. The van der Waals surface area contributed by atoms with Crippen LogP contribution in [0.25, 0.3) is 0 Å². The van der Waals surface area contributed by atoms with Crippen molar-refractivity contribution in [2.75, 3.05) is 19.4 Å². The van der Waals surface area contributed by atoms with Crippen LogP contribution in [0.2, 0.25) is 0 Å². The number of sulfonamides is 1. The number of nitrogens with zero attached hydrogens (tertiary/aromatic N) is 1. The second-order valence-corrected chi connectivity index (χ2v) is 11.0. The van der Waals surface area contributed by atoms with Crippen LogP contribution in [-0.4, -0.2) is 38.0 Å². The van der Waals surface area contributed by atoms with Gasteiger partial charge in [-0.15, -0.1) is 11.8 Å². The summed E-state index contributed by atoms with van der Waals surface area (Å²) in [4.78, 5) is 14.3. The Balaban J connectivity index is 1.83. The fourth-order valence-corrected chi connectivity index (χ4v) is 5.56. The average Bonchev–Trinajstić information content (AvgIpc) is 2.85. The maximum atomic E-state index is 13.6. The third kappa shape index (κ3) is 7.10. The van der Waals surface area contributed by atoms with E-state index < -0.39 is 10.0 Å². The molecule has 8 heteroatoms. The summed E-state index contributed by atoms with van der Waals surface area (Å²) in [5.41, 5.74) is 2.47. The van der Waals surface area contributed by atoms with Gasteiger partial charge in [-0.3, -0.25) is 4.79 Å². The van der Waals surface area contributed by atoms with Crippen LogP contribution in [0.15, 0.2) is 82.6 Å². The van der Waals surface area contributed by atoms with Crippen molar-refractivity contribution in [1.82, 2.24) is 9.62 Å². The second kappa shape index (κ2) is 12.2. The topological polar surface area (TPSA) is 75.7 Å². The van der Waals surface area contributed by atoms with Crippen LogP contribution < -0.4 is 10.1 Å². The normalized spacial score (nSPS) is 12.4. The predicted molar refractivity (Wildman–Crippen MR) is 141 cm³/mol. The van der Waals surface area contributed by atoms with E-state index >= 15 is 0 Å². The van der Waals surface area contributed by atoms with Crippen LogP contribution >= 0.6 is 11.8 Å². The number of hydrogen-bond acceptors (Lipinski definition) is 5. The Morgan fingerprint density at radius 3 is 2.34 bits per heavy atom. The first-order valence-corrected chi connectivity index (χ1v) is 14.1. The molecule has 0 radical (unpaired) electrons. The van der Waals surface area contributed by atoms with Crippen LogP contribution in [0.1, 0.15) is 36.6 Å². The Morgan fingerprint density at radius 2 is 1.74 bits per heavy atom. The van der Waals surface area contributed by atoms with Crippen molar-refractivity contribution >= 4 is 27.7 Å². The molecule has 6 nitrogen and oxygen atoms in total. The molecule has 0 aliphatic rings. The smallest absolute Gasteiger partial charge is 0.243 e. The Labute approximate surface area is 212 Å². The summed E-state index contributed by atoms with van der Waals surface area (Å²) < 4.78 is 34.0. The summed E-state index contributed by atoms with van der Waals surface area (Å²) >= 11 is 1.65. The van der Waals surface area contributed by atoms with Crippen molar-refractivity contribution in [1.29, 1.82) is 0 Å². The van der Waals surface area contributed by atoms with E-state index in [1.54, 1.807) is 23.9 Å². The van der Waals surface area contributed by atoms with E-state index in [2.05, 4.69) is 5.32 Å². The summed E-state index contributed by atoms with van der Waals surface area (Å²) in [6.45, 7) is 5.85. The Bertz CT molecular complexity index is 1230. The minimum atomic E-state index is -3.94. The van der Waals surface area contributed by atoms with Crippen LogP contribution in [0.4, 0.5) is 0 Å². The molecule has 0 aromatic heterocycles. The number of nitrogens with one attached hydrogen (secondary N) is 1. The molecule has 186 valence electrons. The minimum absolute atomic E-state index is 0.0830. The molecule has 3 rings (SSSR count). The third-order valence-corrected chi connectivity index (χ3v) is 8.13. The number of aryl methyl sites for hydroxylation is 1.